The van der Waals surface area contributed by atoms with Gasteiger partial charge >= 0.3 is 12.4 Å². The highest BCUT2D eigenvalue weighted by Gasteiger charge is 2.38. The largest absolute Gasteiger partial charge is 0.416 e. The van der Waals surface area contributed by atoms with Gasteiger partial charge in [0.05, 0.1) is 5.56 Å². The third kappa shape index (κ3) is 3.59. The van der Waals surface area contributed by atoms with Crippen LogP contribution < -0.4 is 5.73 Å². The van der Waals surface area contributed by atoms with Crippen LogP contribution in [0.1, 0.15) is 11.1 Å². The lowest BCUT2D eigenvalue weighted by Gasteiger charge is -2.16. The fourth-order valence-corrected chi connectivity index (χ4v) is 1.26. The molecule has 0 aliphatic heterocycles. The van der Waals surface area contributed by atoms with E-state index in [4.69, 9.17) is 5.73 Å². The molecule has 2 N–H and O–H groups in total. The van der Waals surface area contributed by atoms with E-state index >= 15 is 0 Å². The Kier molecular flexibility index (Phi) is 3.89. The molecule has 1 nitrogen and oxygen atoms in total. The van der Waals surface area contributed by atoms with Gasteiger partial charge in [-0.15, -0.1) is 0 Å². The zero-order valence-corrected chi connectivity index (χ0v) is 8.74. The average molecular weight is 275 g/mol. The SMILES string of the molecule is NC(Cc1cc(C(F)(F)F)ccc1F)C(F)(F)F. The van der Waals surface area contributed by atoms with Crippen LogP contribution in [0.4, 0.5) is 30.7 Å². The standard InChI is InChI=1S/C10H8F7N/c11-7-2-1-6(9(12,13)14)3-5(7)4-8(18)10(15,16)17/h1-3,8H,4,18H2. The molecule has 0 heterocycles. The molecule has 0 aliphatic carbocycles. The van der Waals surface area contributed by atoms with Crippen molar-refractivity contribution in [3.8, 4) is 0 Å². The second-order valence-electron chi connectivity index (χ2n) is 3.66. The Morgan fingerprint density at radius 3 is 2.06 bits per heavy atom. The molecular formula is C10H8F7N. The lowest BCUT2D eigenvalue weighted by Crippen LogP contribution is -2.39. The smallest absolute Gasteiger partial charge is 0.320 e. The fraction of sp³-hybridized carbons (Fsp3) is 0.400. The number of alkyl halides is 6. The first kappa shape index (κ1) is 14.7. The van der Waals surface area contributed by atoms with Crippen molar-refractivity contribution in [1.29, 1.82) is 0 Å². The molecule has 0 amide bonds. The Bertz CT molecular complexity index is 421. The number of rotatable bonds is 2. The molecule has 1 aromatic carbocycles. The molecule has 18 heavy (non-hydrogen) atoms. The molecule has 1 unspecified atom stereocenters. The van der Waals surface area contributed by atoms with Crippen LogP contribution in [0.5, 0.6) is 0 Å². The van der Waals surface area contributed by atoms with Crippen LogP contribution in [-0.4, -0.2) is 12.2 Å². The summed E-state index contributed by atoms with van der Waals surface area (Å²) < 4.78 is 86.4. The van der Waals surface area contributed by atoms with Gasteiger partial charge in [-0.05, 0) is 30.2 Å². The van der Waals surface area contributed by atoms with E-state index in [0.717, 1.165) is 0 Å². The minimum absolute atomic E-state index is 0.334. The van der Waals surface area contributed by atoms with E-state index in [1.54, 1.807) is 0 Å². The second kappa shape index (κ2) is 4.75. The molecule has 102 valence electrons. The third-order valence-electron chi connectivity index (χ3n) is 2.23. The van der Waals surface area contributed by atoms with Gasteiger partial charge in [0, 0.05) is 0 Å². The zero-order chi connectivity index (χ0) is 14.1. The van der Waals surface area contributed by atoms with Crippen molar-refractivity contribution < 1.29 is 30.7 Å². The van der Waals surface area contributed by atoms with Crippen molar-refractivity contribution in [2.24, 2.45) is 5.73 Å². The van der Waals surface area contributed by atoms with Gasteiger partial charge in [-0.3, -0.25) is 0 Å². The number of hydrogen-bond donors (Lipinski definition) is 1. The van der Waals surface area contributed by atoms with Gasteiger partial charge in [-0.1, -0.05) is 0 Å². The van der Waals surface area contributed by atoms with Crippen LogP contribution in [0.3, 0.4) is 0 Å². The molecule has 0 aromatic heterocycles. The van der Waals surface area contributed by atoms with Gasteiger partial charge in [-0.2, -0.15) is 26.3 Å². The monoisotopic (exact) mass is 275 g/mol. The topological polar surface area (TPSA) is 26.0 Å². The average Bonchev–Trinajstić information content (AvgIpc) is 2.18. The van der Waals surface area contributed by atoms with E-state index in [-0.39, 0.29) is 0 Å². The van der Waals surface area contributed by atoms with Crippen LogP contribution in [-0.2, 0) is 12.6 Å². The van der Waals surface area contributed by atoms with E-state index < -0.39 is 41.8 Å². The lowest BCUT2D eigenvalue weighted by atomic mass is 10.0. The zero-order valence-electron chi connectivity index (χ0n) is 8.74. The summed E-state index contributed by atoms with van der Waals surface area (Å²) in [4.78, 5) is 0. The molecule has 1 aromatic rings. The van der Waals surface area contributed by atoms with Crippen molar-refractivity contribution in [1.82, 2.24) is 0 Å². The number of benzene rings is 1. The van der Waals surface area contributed by atoms with E-state index in [1.165, 1.54) is 0 Å². The van der Waals surface area contributed by atoms with Gasteiger partial charge in [0.2, 0.25) is 0 Å². The molecule has 1 rings (SSSR count). The third-order valence-corrected chi connectivity index (χ3v) is 2.23. The summed E-state index contributed by atoms with van der Waals surface area (Å²) in [6.07, 6.45) is -10.6. The maximum absolute atomic E-state index is 13.1. The van der Waals surface area contributed by atoms with Crippen molar-refractivity contribution in [3.63, 3.8) is 0 Å². The summed E-state index contributed by atoms with van der Waals surface area (Å²) >= 11 is 0. The van der Waals surface area contributed by atoms with Gasteiger partial charge in [0.1, 0.15) is 11.9 Å². The van der Waals surface area contributed by atoms with E-state index in [9.17, 15) is 30.7 Å². The first-order valence-corrected chi connectivity index (χ1v) is 4.69. The van der Waals surface area contributed by atoms with Gasteiger partial charge < -0.3 is 5.73 Å². The maximum atomic E-state index is 13.1. The summed E-state index contributed by atoms with van der Waals surface area (Å²) in [6.45, 7) is 0. The van der Waals surface area contributed by atoms with Gasteiger partial charge in [-0.25, -0.2) is 4.39 Å². The minimum Gasteiger partial charge on any atom is -0.320 e. The fourth-order valence-electron chi connectivity index (χ4n) is 1.26. The number of hydrogen-bond acceptors (Lipinski definition) is 1. The Balaban J connectivity index is 3.03. The van der Waals surface area contributed by atoms with Crippen molar-refractivity contribution >= 4 is 0 Å². The first-order valence-electron chi connectivity index (χ1n) is 4.69. The van der Waals surface area contributed by atoms with Crippen LogP contribution in [0, 0.1) is 5.82 Å². The Morgan fingerprint density at radius 1 is 1.06 bits per heavy atom. The molecule has 0 saturated heterocycles. The van der Waals surface area contributed by atoms with E-state index in [2.05, 4.69) is 0 Å². The van der Waals surface area contributed by atoms with Crippen molar-refractivity contribution in [3.05, 3.63) is 35.1 Å². The van der Waals surface area contributed by atoms with Gasteiger partial charge in [0.15, 0.2) is 0 Å². The molecule has 0 saturated carbocycles. The molecule has 0 spiro atoms. The summed E-state index contributed by atoms with van der Waals surface area (Å²) in [5.41, 5.74) is 2.81. The normalized spacial score (nSPS) is 14.7. The first-order chi connectivity index (χ1) is 8.01. The molecule has 0 radical (unpaired) electrons. The predicted octanol–water partition coefficient (Wildman–Crippen LogP) is 3.28. The highest BCUT2D eigenvalue weighted by Crippen LogP contribution is 2.31. The van der Waals surface area contributed by atoms with Crippen LogP contribution in [0.25, 0.3) is 0 Å². The summed E-state index contributed by atoms with van der Waals surface area (Å²) in [6, 6.07) is -1.14. The molecule has 1 atom stereocenters. The van der Waals surface area contributed by atoms with E-state index in [0.29, 0.717) is 18.2 Å². The Hall–Kier alpha value is -1.31. The van der Waals surface area contributed by atoms with Crippen LogP contribution in [0.15, 0.2) is 18.2 Å². The van der Waals surface area contributed by atoms with Crippen LogP contribution in [0.2, 0.25) is 0 Å². The molecule has 8 heteroatoms. The second-order valence-corrected chi connectivity index (χ2v) is 3.66. The van der Waals surface area contributed by atoms with Crippen molar-refractivity contribution in [2.45, 2.75) is 24.8 Å². The Morgan fingerprint density at radius 2 is 1.61 bits per heavy atom. The predicted molar refractivity (Wildman–Crippen MR) is 49.1 cm³/mol. The maximum Gasteiger partial charge on any atom is 0.416 e. The summed E-state index contributed by atoms with van der Waals surface area (Å²) in [5, 5.41) is 0. The number of nitrogens with two attached hydrogens (primary N) is 1. The molecule has 0 aliphatic rings. The summed E-state index contributed by atoms with van der Waals surface area (Å²) in [5.74, 6) is -1.15. The minimum atomic E-state index is -4.79. The quantitative estimate of drug-likeness (QED) is 0.823. The number of halogens is 7. The lowest BCUT2D eigenvalue weighted by molar-refractivity contribution is -0.147. The van der Waals surface area contributed by atoms with Crippen LogP contribution >= 0.6 is 0 Å². The Labute approximate surface area is 97.4 Å². The molecule has 0 fully saturated rings. The van der Waals surface area contributed by atoms with Crippen molar-refractivity contribution in [2.75, 3.05) is 0 Å². The van der Waals surface area contributed by atoms with E-state index in [1.807, 2.05) is 0 Å². The highest BCUT2D eigenvalue weighted by molar-refractivity contribution is 5.28. The molecular weight excluding hydrogens is 267 g/mol. The highest BCUT2D eigenvalue weighted by atomic mass is 19.4. The molecule has 0 bridgehead atoms. The summed E-state index contributed by atoms with van der Waals surface area (Å²) in [7, 11) is 0. The van der Waals surface area contributed by atoms with Gasteiger partial charge in [0.25, 0.3) is 0 Å².